The Labute approximate surface area is 89.2 Å². The number of benzene rings is 1. The minimum absolute atomic E-state index is 0.0587. The van der Waals surface area contributed by atoms with Crippen molar-refractivity contribution in [2.24, 2.45) is 0 Å². The van der Waals surface area contributed by atoms with Crippen molar-refractivity contribution < 1.29 is 9.90 Å². The van der Waals surface area contributed by atoms with Crippen molar-refractivity contribution in [2.75, 3.05) is 0 Å². The van der Waals surface area contributed by atoms with Crippen LogP contribution < -0.4 is 0 Å². The number of carboxylic acids is 1. The van der Waals surface area contributed by atoms with Crippen molar-refractivity contribution in [1.82, 2.24) is 0 Å². The molecule has 0 bridgehead atoms. The second kappa shape index (κ2) is 3.89. The summed E-state index contributed by atoms with van der Waals surface area (Å²) >= 11 is 0. The Morgan fingerprint density at radius 1 is 1.47 bits per heavy atom. The molecule has 1 aliphatic carbocycles. The zero-order valence-electron chi connectivity index (χ0n) is 8.73. The molecule has 2 rings (SSSR count). The topological polar surface area (TPSA) is 37.3 Å². The van der Waals surface area contributed by atoms with E-state index in [2.05, 4.69) is 25.1 Å². The van der Waals surface area contributed by atoms with E-state index < -0.39 is 5.97 Å². The van der Waals surface area contributed by atoms with Gasteiger partial charge in [0.2, 0.25) is 0 Å². The van der Waals surface area contributed by atoms with E-state index in [1.54, 1.807) is 0 Å². The summed E-state index contributed by atoms with van der Waals surface area (Å²) in [5.74, 6) is -0.680. The molecule has 0 saturated carbocycles. The molecular formula is C13H14O2. The zero-order valence-corrected chi connectivity index (χ0v) is 8.73. The van der Waals surface area contributed by atoms with Gasteiger partial charge in [-0.05, 0) is 23.1 Å². The average molecular weight is 202 g/mol. The highest BCUT2D eigenvalue weighted by Gasteiger charge is 2.19. The Morgan fingerprint density at radius 2 is 2.27 bits per heavy atom. The Morgan fingerprint density at radius 3 is 2.93 bits per heavy atom. The fourth-order valence-corrected chi connectivity index (χ4v) is 2.02. The highest BCUT2D eigenvalue weighted by molar-refractivity contribution is 5.72. The Balaban J connectivity index is 2.28. The van der Waals surface area contributed by atoms with Crippen LogP contribution in [-0.4, -0.2) is 11.1 Å². The number of carbonyl (C=O) groups is 1. The first kappa shape index (κ1) is 9.97. The van der Waals surface area contributed by atoms with E-state index in [0.29, 0.717) is 0 Å². The molecule has 0 aliphatic heterocycles. The van der Waals surface area contributed by atoms with Gasteiger partial charge < -0.3 is 5.11 Å². The summed E-state index contributed by atoms with van der Waals surface area (Å²) < 4.78 is 0. The molecule has 1 unspecified atom stereocenters. The summed E-state index contributed by atoms with van der Waals surface area (Å²) in [7, 11) is 0. The molecule has 0 saturated heterocycles. The number of allylic oxidation sites excluding steroid dienone is 1. The number of rotatable bonds is 3. The Kier molecular flexibility index (Phi) is 2.58. The number of hydrogen-bond acceptors (Lipinski definition) is 1. The molecule has 0 fully saturated rings. The molecule has 1 aromatic carbocycles. The number of aliphatic carboxylic acids is 1. The van der Waals surface area contributed by atoms with E-state index in [0.717, 1.165) is 12.0 Å². The van der Waals surface area contributed by atoms with Crippen molar-refractivity contribution in [3.05, 3.63) is 41.0 Å². The van der Waals surface area contributed by atoms with Gasteiger partial charge in [0, 0.05) is 5.92 Å². The molecule has 0 spiro atoms. The molecule has 2 heteroatoms. The van der Waals surface area contributed by atoms with E-state index in [1.165, 1.54) is 11.1 Å². The van der Waals surface area contributed by atoms with Crippen LogP contribution in [0, 0.1) is 0 Å². The largest absolute Gasteiger partial charge is 0.481 e. The normalized spacial score (nSPS) is 17.8. The van der Waals surface area contributed by atoms with Crippen LogP contribution in [0.3, 0.4) is 0 Å². The van der Waals surface area contributed by atoms with Gasteiger partial charge in [-0.25, -0.2) is 0 Å². The highest BCUT2D eigenvalue weighted by Crippen LogP contribution is 2.33. The molecule has 78 valence electrons. The first-order valence-corrected chi connectivity index (χ1v) is 5.23. The van der Waals surface area contributed by atoms with Crippen LogP contribution >= 0.6 is 0 Å². The van der Waals surface area contributed by atoms with Crippen LogP contribution in [0.25, 0.3) is 6.08 Å². The van der Waals surface area contributed by atoms with Gasteiger partial charge in [0.1, 0.15) is 0 Å². The summed E-state index contributed by atoms with van der Waals surface area (Å²) in [4.78, 5) is 10.7. The van der Waals surface area contributed by atoms with E-state index in [4.69, 9.17) is 5.11 Å². The second-order valence-electron chi connectivity index (χ2n) is 3.88. The van der Waals surface area contributed by atoms with Gasteiger partial charge in [0.05, 0.1) is 6.42 Å². The fourth-order valence-electron chi connectivity index (χ4n) is 2.02. The van der Waals surface area contributed by atoms with Gasteiger partial charge in [-0.2, -0.15) is 0 Å². The smallest absolute Gasteiger partial charge is 0.304 e. The standard InChI is InChI=1S/C13H14O2/c1-2-9-3-6-12-10(7-9)4-5-11(12)8-13(14)15/h3-7,11H,2,8H2,1H3,(H,14,15). The maximum absolute atomic E-state index is 10.7. The van der Waals surface area contributed by atoms with Crippen molar-refractivity contribution in [2.45, 2.75) is 25.7 Å². The summed E-state index contributed by atoms with van der Waals surface area (Å²) in [6, 6.07) is 6.29. The van der Waals surface area contributed by atoms with E-state index in [1.807, 2.05) is 12.2 Å². The number of hydrogen-bond donors (Lipinski definition) is 1. The molecule has 1 aliphatic rings. The summed E-state index contributed by atoms with van der Waals surface area (Å²) in [6.45, 7) is 2.12. The lowest BCUT2D eigenvalue weighted by molar-refractivity contribution is -0.137. The third-order valence-corrected chi connectivity index (χ3v) is 2.86. The van der Waals surface area contributed by atoms with Crippen molar-refractivity contribution >= 4 is 12.0 Å². The quantitative estimate of drug-likeness (QED) is 0.818. The van der Waals surface area contributed by atoms with Gasteiger partial charge in [-0.1, -0.05) is 37.3 Å². The van der Waals surface area contributed by atoms with E-state index in [-0.39, 0.29) is 12.3 Å². The summed E-state index contributed by atoms with van der Waals surface area (Å²) in [5.41, 5.74) is 3.63. The van der Waals surface area contributed by atoms with Gasteiger partial charge in [-0.15, -0.1) is 0 Å². The van der Waals surface area contributed by atoms with Gasteiger partial charge in [-0.3, -0.25) is 4.79 Å². The molecule has 15 heavy (non-hydrogen) atoms. The van der Waals surface area contributed by atoms with Crippen LogP contribution in [0.1, 0.15) is 36.0 Å². The van der Waals surface area contributed by atoms with Crippen molar-refractivity contribution in [1.29, 1.82) is 0 Å². The summed E-state index contributed by atoms with van der Waals surface area (Å²) in [6.07, 6.45) is 5.22. The second-order valence-corrected chi connectivity index (χ2v) is 3.88. The number of aryl methyl sites for hydroxylation is 1. The van der Waals surface area contributed by atoms with Crippen LogP contribution in [-0.2, 0) is 11.2 Å². The summed E-state index contributed by atoms with van der Waals surface area (Å²) in [5, 5.41) is 8.77. The lowest BCUT2D eigenvalue weighted by Crippen LogP contribution is -2.02. The molecular weight excluding hydrogens is 188 g/mol. The predicted octanol–water partition coefficient (Wildman–Crippen LogP) is 2.83. The van der Waals surface area contributed by atoms with Gasteiger partial charge >= 0.3 is 5.97 Å². The maximum atomic E-state index is 10.7. The van der Waals surface area contributed by atoms with Crippen molar-refractivity contribution in [3.8, 4) is 0 Å². The predicted molar refractivity (Wildman–Crippen MR) is 59.8 cm³/mol. The molecule has 0 heterocycles. The van der Waals surface area contributed by atoms with Crippen LogP contribution in [0.15, 0.2) is 24.3 Å². The Bertz CT molecular complexity index is 419. The third kappa shape index (κ3) is 1.94. The zero-order chi connectivity index (χ0) is 10.8. The SMILES string of the molecule is CCc1ccc2c(c1)C=CC2CC(=O)O. The molecule has 0 radical (unpaired) electrons. The fraction of sp³-hybridized carbons (Fsp3) is 0.308. The molecule has 1 aromatic rings. The minimum Gasteiger partial charge on any atom is -0.481 e. The first-order chi connectivity index (χ1) is 7.20. The number of carboxylic acid groups (broad SMARTS) is 1. The van der Waals surface area contributed by atoms with Gasteiger partial charge in [0.25, 0.3) is 0 Å². The van der Waals surface area contributed by atoms with E-state index in [9.17, 15) is 4.79 Å². The van der Waals surface area contributed by atoms with Crippen LogP contribution in [0.2, 0.25) is 0 Å². The molecule has 0 aromatic heterocycles. The minimum atomic E-state index is -0.739. The molecule has 2 nitrogen and oxygen atoms in total. The van der Waals surface area contributed by atoms with Crippen molar-refractivity contribution in [3.63, 3.8) is 0 Å². The first-order valence-electron chi connectivity index (χ1n) is 5.23. The lowest BCUT2D eigenvalue weighted by Gasteiger charge is -2.08. The molecule has 1 N–H and O–H groups in total. The monoisotopic (exact) mass is 202 g/mol. The van der Waals surface area contributed by atoms with Gasteiger partial charge in [0.15, 0.2) is 0 Å². The lowest BCUT2D eigenvalue weighted by atomic mass is 9.96. The average Bonchev–Trinajstić information content (AvgIpc) is 2.60. The third-order valence-electron chi connectivity index (χ3n) is 2.86. The maximum Gasteiger partial charge on any atom is 0.304 e. The van der Waals surface area contributed by atoms with Crippen LogP contribution in [0.5, 0.6) is 0 Å². The molecule has 1 atom stereocenters. The highest BCUT2D eigenvalue weighted by atomic mass is 16.4. The Hall–Kier alpha value is -1.57. The van der Waals surface area contributed by atoms with E-state index >= 15 is 0 Å². The van der Waals surface area contributed by atoms with Crippen LogP contribution in [0.4, 0.5) is 0 Å². The molecule has 0 amide bonds. The number of fused-ring (bicyclic) bond motifs is 1.